The molecular weight excluding hydrogens is 279 g/mol. The molecule has 1 aromatic rings. The van der Waals surface area contributed by atoms with Crippen LogP contribution in [0.4, 0.5) is 0 Å². The summed E-state index contributed by atoms with van der Waals surface area (Å²) in [5.41, 5.74) is 1.55. The molecule has 2 fully saturated rings. The molecule has 0 bridgehead atoms. The number of hydrogen-bond acceptors (Lipinski definition) is 2. The van der Waals surface area contributed by atoms with Gasteiger partial charge in [-0.15, -0.1) is 0 Å². The Labute approximate surface area is 125 Å². The molecule has 1 saturated heterocycles. The van der Waals surface area contributed by atoms with E-state index in [1.165, 1.54) is 18.4 Å². The molecule has 2 aliphatic rings. The summed E-state index contributed by atoms with van der Waals surface area (Å²) in [5, 5.41) is 4.83. The highest BCUT2D eigenvalue weighted by atomic mass is 35.5. The van der Waals surface area contributed by atoms with Crippen molar-refractivity contribution in [1.29, 1.82) is 0 Å². The van der Waals surface area contributed by atoms with Crippen molar-refractivity contribution in [2.45, 2.75) is 31.8 Å². The van der Waals surface area contributed by atoms with E-state index in [1.807, 2.05) is 12.1 Å². The minimum atomic E-state index is 0.296. The van der Waals surface area contributed by atoms with Crippen molar-refractivity contribution in [1.82, 2.24) is 10.2 Å². The molecule has 104 valence electrons. The van der Waals surface area contributed by atoms with E-state index in [-0.39, 0.29) is 0 Å². The Morgan fingerprint density at radius 3 is 2.79 bits per heavy atom. The zero-order valence-electron chi connectivity index (χ0n) is 11.3. The molecule has 0 radical (unpaired) electrons. The van der Waals surface area contributed by atoms with Gasteiger partial charge in [0.1, 0.15) is 0 Å². The van der Waals surface area contributed by atoms with Gasteiger partial charge in [-0.3, -0.25) is 4.90 Å². The van der Waals surface area contributed by atoms with Gasteiger partial charge in [-0.25, -0.2) is 0 Å². The minimum Gasteiger partial charge on any atom is -0.314 e. The van der Waals surface area contributed by atoms with Crippen molar-refractivity contribution in [2.75, 3.05) is 19.6 Å². The molecular formula is C15H20Cl2N2. The van der Waals surface area contributed by atoms with Crippen LogP contribution in [0.25, 0.3) is 0 Å². The molecule has 0 amide bonds. The molecule has 4 heteroatoms. The summed E-state index contributed by atoms with van der Waals surface area (Å²) in [6.45, 7) is 6.63. The summed E-state index contributed by atoms with van der Waals surface area (Å²) in [7, 11) is 0. The van der Waals surface area contributed by atoms with Gasteiger partial charge in [0.25, 0.3) is 0 Å². The van der Waals surface area contributed by atoms with Gasteiger partial charge >= 0.3 is 0 Å². The van der Waals surface area contributed by atoms with E-state index in [2.05, 4.69) is 23.2 Å². The topological polar surface area (TPSA) is 15.3 Å². The summed E-state index contributed by atoms with van der Waals surface area (Å²) in [6.07, 6.45) is 2.74. The van der Waals surface area contributed by atoms with Crippen molar-refractivity contribution in [3.05, 3.63) is 33.8 Å². The van der Waals surface area contributed by atoms with Gasteiger partial charge < -0.3 is 5.32 Å². The molecule has 1 aromatic carbocycles. The quantitative estimate of drug-likeness (QED) is 0.918. The third kappa shape index (κ3) is 2.78. The lowest BCUT2D eigenvalue weighted by molar-refractivity contribution is 0.0484. The van der Waals surface area contributed by atoms with Crippen LogP contribution < -0.4 is 5.32 Å². The van der Waals surface area contributed by atoms with E-state index in [9.17, 15) is 0 Å². The molecule has 1 saturated carbocycles. The first kappa shape index (κ1) is 13.7. The van der Waals surface area contributed by atoms with Crippen molar-refractivity contribution < 1.29 is 0 Å². The Balaban J connectivity index is 1.78. The molecule has 0 spiro atoms. The Morgan fingerprint density at radius 1 is 1.32 bits per heavy atom. The number of halogens is 2. The van der Waals surface area contributed by atoms with Crippen LogP contribution in [0, 0.1) is 5.92 Å². The van der Waals surface area contributed by atoms with Crippen LogP contribution in [0.15, 0.2) is 18.2 Å². The van der Waals surface area contributed by atoms with Crippen molar-refractivity contribution in [3.63, 3.8) is 0 Å². The number of benzene rings is 1. The van der Waals surface area contributed by atoms with E-state index < -0.39 is 0 Å². The minimum absolute atomic E-state index is 0.296. The predicted molar refractivity (Wildman–Crippen MR) is 80.9 cm³/mol. The smallest absolute Gasteiger partial charge is 0.0595 e. The lowest BCUT2D eigenvalue weighted by Gasteiger charge is -2.46. The lowest BCUT2D eigenvalue weighted by Crippen LogP contribution is -2.60. The average molecular weight is 299 g/mol. The number of hydrogen-bond donors (Lipinski definition) is 1. The first-order valence-electron chi connectivity index (χ1n) is 6.99. The number of nitrogens with one attached hydrogen (secondary N) is 1. The highest BCUT2D eigenvalue weighted by molar-refractivity contribution is 6.42. The molecule has 1 atom stereocenters. The van der Waals surface area contributed by atoms with Gasteiger partial charge in [0.05, 0.1) is 10.0 Å². The van der Waals surface area contributed by atoms with Crippen LogP contribution in [0.2, 0.25) is 10.0 Å². The average Bonchev–Trinajstić information content (AvgIpc) is 3.21. The third-order valence-corrected chi connectivity index (χ3v) is 5.32. The van der Waals surface area contributed by atoms with E-state index in [0.717, 1.165) is 32.1 Å². The molecule has 1 heterocycles. The van der Waals surface area contributed by atoms with Crippen molar-refractivity contribution >= 4 is 23.2 Å². The summed E-state index contributed by atoms with van der Waals surface area (Å²) < 4.78 is 0. The van der Waals surface area contributed by atoms with Crippen LogP contribution in [-0.2, 0) is 6.54 Å². The highest BCUT2D eigenvalue weighted by Crippen LogP contribution is 2.44. The van der Waals surface area contributed by atoms with Crippen LogP contribution in [0.1, 0.15) is 25.3 Å². The molecule has 2 nitrogen and oxygen atoms in total. The summed E-state index contributed by atoms with van der Waals surface area (Å²) in [5.74, 6) is 0.850. The van der Waals surface area contributed by atoms with E-state index in [1.54, 1.807) is 0 Å². The van der Waals surface area contributed by atoms with Crippen molar-refractivity contribution in [3.8, 4) is 0 Å². The zero-order valence-corrected chi connectivity index (χ0v) is 12.8. The maximum absolute atomic E-state index is 6.11. The van der Waals surface area contributed by atoms with E-state index >= 15 is 0 Å². The zero-order chi connectivity index (χ0) is 13.5. The Morgan fingerprint density at radius 2 is 2.11 bits per heavy atom. The normalized spacial score (nSPS) is 28.6. The van der Waals surface area contributed by atoms with Crippen LogP contribution in [-0.4, -0.2) is 30.1 Å². The molecule has 0 aromatic heterocycles. The van der Waals surface area contributed by atoms with Gasteiger partial charge in [0.2, 0.25) is 0 Å². The second-order valence-corrected chi connectivity index (χ2v) is 6.79. The first-order valence-corrected chi connectivity index (χ1v) is 7.75. The van der Waals surface area contributed by atoms with Crippen LogP contribution in [0.5, 0.6) is 0 Å². The predicted octanol–water partition coefficient (Wildman–Crippen LogP) is 3.57. The maximum atomic E-state index is 6.11. The molecule has 1 N–H and O–H groups in total. The Hall–Kier alpha value is -0.280. The van der Waals surface area contributed by atoms with Crippen LogP contribution in [0.3, 0.4) is 0 Å². The second-order valence-electron chi connectivity index (χ2n) is 5.98. The van der Waals surface area contributed by atoms with E-state index in [0.29, 0.717) is 15.6 Å². The summed E-state index contributed by atoms with van der Waals surface area (Å²) in [4.78, 5) is 2.61. The highest BCUT2D eigenvalue weighted by Gasteiger charge is 2.46. The largest absolute Gasteiger partial charge is 0.314 e. The molecule has 1 aliphatic heterocycles. The standard InChI is InChI=1S/C15H20Cl2N2/c1-15(12-3-4-12)10-18-6-7-19(15)9-11-2-5-13(16)14(17)8-11/h2,5,8,12,18H,3-4,6-7,9-10H2,1H3. The van der Waals surface area contributed by atoms with Gasteiger partial charge in [-0.05, 0) is 43.4 Å². The summed E-state index contributed by atoms with van der Waals surface area (Å²) >= 11 is 12.1. The Bertz CT molecular complexity index is 473. The van der Waals surface area contributed by atoms with Crippen molar-refractivity contribution in [2.24, 2.45) is 5.92 Å². The van der Waals surface area contributed by atoms with Gasteiger partial charge in [0, 0.05) is 31.7 Å². The van der Waals surface area contributed by atoms with Crippen LogP contribution >= 0.6 is 23.2 Å². The van der Waals surface area contributed by atoms with Gasteiger partial charge in [0.15, 0.2) is 0 Å². The second kappa shape index (κ2) is 5.25. The fourth-order valence-electron chi connectivity index (χ4n) is 3.15. The Kier molecular flexibility index (Phi) is 3.78. The number of piperazine rings is 1. The number of rotatable bonds is 3. The fourth-order valence-corrected chi connectivity index (χ4v) is 3.47. The molecule has 1 aliphatic carbocycles. The third-order valence-electron chi connectivity index (χ3n) is 4.58. The molecule has 1 unspecified atom stereocenters. The molecule has 3 rings (SSSR count). The van der Waals surface area contributed by atoms with Gasteiger partial charge in [-0.1, -0.05) is 29.3 Å². The fraction of sp³-hybridized carbons (Fsp3) is 0.600. The monoisotopic (exact) mass is 298 g/mol. The first-order chi connectivity index (χ1) is 9.09. The SMILES string of the molecule is CC1(C2CC2)CNCCN1Cc1ccc(Cl)c(Cl)c1. The summed E-state index contributed by atoms with van der Waals surface area (Å²) in [6, 6.07) is 5.98. The molecule has 19 heavy (non-hydrogen) atoms. The maximum Gasteiger partial charge on any atom is 0.0595 e. The van der Waals surface area contributed by atoms with Gasteiger partial charge in [-0.2, -0.15) is 0 Å². The van der Waals surface area contributed by atoms with E-state index in [4.69, 9.17) is 23.2 Å². The number of nitrogens with zero attached hydrogens (tertiary/aromatic N) is 1. The lowest BCUT2D eigenvalue weighted by atomic mass is 9.90.